The highest BCUT2D eigenvalue weighted by Gasteiger charge is 2.06. The maximum atomic E-state index is 5.32. The molecule has 0 amide bonds. The minimum Gasteiger partial charge on any atom is -0.497 e. The number of hydrogen-bond acceptors (Lipinski definition) is 5. The molecule has 2 heterocycles. The Kier molecular flexibility index (Phi) is 4.66. The van der Waals surface area contributed by atoms with Crippen LogP contribution in [-0.4, -0.2) is 23.3 Å². The Morgan fingerprint density at radius 2 is 1.93 bits per heavy atom. The van der Waals surface area contributed by atoms with Crippen LogP contribution in [0.5, 0.6) is 5.75 Å². The molecule has 0 saturated heterocycles. The molecule has 0 atom stereocenters. The first-order valence-electron chi connectivity index (χ1n) is 8.89. The molecule has 0 aliphatic heterocycles. The van der Waals surface area contributed by atoms with Gasteiger partial charge in [0.1, 0.15) is 11.6 Å². The summed E-state index contributed by atoms with van der Waals surface area (Å²) in [5.74, 6) is 1.50. The van der Waals surface area contributed by atoms with Crippen LogP contribution in [0.1, 0.15) is 18.1 Å². The fourth-order valence-corrected chi connectivity index (χ4v) is 3.16. The zero-order valence-electron chi connectivity index (χ0n) is 15.3. The largest absolute Gasteiger partial charge is 0.497 e. The lowest BCUT2D eigenvalue weighted by Gasteiger charge is -2.09. The molecule has 4 rings (SSSR count). The van der Waals surface area contributed by atoms with Crippen LogP contribution in [-0.2, 0) is 6.42 Å². The number of nitrogens with zero attached hydrogens (tertiary/aromatic N) is 3. The van der Waals surface area contributed by atoms with Gasteiger partial charge in [-0.2, -0.15) is 5.10 Å². The third-order valence-electron chi connectivity index (χ3n) is 4.55. The van der Waals surface area contributed by atoms with Crippen LogP contribution >= 0.6 is 0 Å². The molecule has 5 nitrogen and oxygen atoms in total. The highest BCUT2D eigenvalue weighted by Crippen LogP contribution is 2.25. The van der Waals surface area contributed by atoms with E-state index in [1.54, 1.807) is 19.5 Å². The van der Waals surface area contributed by atoms with Crippen LogP contribution in [0.25, 0.3) is 21.8 Å². The van der Waals surface area contributed by atoms with Crippen LogP contribution in [0.2, 0.25) is 0 Å². The first-order valence-corrected chi connectivity index (χ1v) is 8.89. The quantitative estimate of drug-likeness (QED) is 0.412. The molecule has 2 aromatic carbocycles. The summed E-state index contributed by atoms with van der Waals surface area (Å²) in [6.45, 7) is 2.13. The lowest BCUT2D eigenvalue weighted by Crippen LogP contribution is -1.97. The second-order valence-corrected chi connectivity index (χ2v) is 6.19. The van der Waals surface area contributed by atoms with E-state index in [0.29, 0.717) is 5.82 Å². The molecule has 0 bridgehead atoms. The first kappa shape index (κ1) is 17.0. The van der Waals surface area contributed by atoms with E-state index in [2.05, 4.69) is 33.5 Å². The maximum Gasteiger partial charge on any atom is 0.147 e. The zero-order valence-corrected chi connectivity index (χ0v) is 15.3. The van der Waals surface area contributed by atoms with Crippen molar-refractivity contribution in [3.05, 3.63) is 71.9 Å². The van der Waals surface area contributed by atoms with E-state index in [0.717, 1.165) is 39.5 Å². The zero-order chi connectivity index (χ0) is 18.6. The van der Waals surface area contributed by atoms with Gasteiger partial charge in [-0.25, -0.2) is 4.98 Å². The number of aryl methyl sites for hydroxylation is 1. The average molecular weight is 356 g/mol. The average Bonchev–Trinajstić information content (AvgIpc) is 2.72. The van der Waals surface area contributed by atoms with Gasteiger partial charge in [-0.15, -0.1) is 0 Å². The second-order valence-electron chi connectivity index (χ2n) is 6.19. The number of ether oxygens (including phenoxy) is 1. The van der Waals surface area contributed by atoms with E-state index in [1.165, 1.54) is 5.56 Å². The van der Waals surface area contributed by atoms with Crippen molar-refractivity contribution in [3.8, 4) is 5.75 Å². The topological polar surface area (TPSA) is 59.4 Å². The molecule has 134 valence electrons. The lowest BCUT2D eigenvalue weighted by atomic mass is 10.1. The number of hydrogen-bond donors (Lipinski definition) is 1. The van der Waals surface area contributed by atoms with Gasteiger partial charge in [0, 0.05) is 28.6 Å². The fraction of sp³-hybridized carbons (Fsp3) is 0.136. The number of para-hydroxylation sites is 1. The summed E-state index contributed by atoms with van der Waals surface area (Å²) in [5.41, 5.74) is 7.12. The molecular formula is C22H20N4O. The summed E-state index contributed by atoms with van der Waals surface area (Å²) in [4.78, 5) is 9.04. The first-order chi connectivity index (χ1) is 13.3. The summed E-state index contributed by atoms with van der Waals surface area (Å²) in [7, 11) is 1.66. The van der Waals surface area contributed by atoms with E-state index in [9.17, 15) is 0 Å². The number of rotatable bonds is 5. The normalized spacial score (nSPS) is 11.3. The molecule has 0 fully saturated rings. The number of hydrazone groups is 1. The molecule has 0 unspecified atom stereocenters. The number of nitrogens with one attached hydrogen (secondary N) is 1. The van der Waals surface area contributed by atoms with Crippen molar-refractivity contribution >= 4 is 33.8 Å². The molecule has 4 aromatic rings. The Balaban J connectivity index is 1.65. The standard InChI is InChI=1S/C22H20N4O/c1-3-15-12-22(25-21-13-17(27-2)8-9-19(15)21)26-24-14-16-10-11-23-20-7-5-4-6-18(16)20/h4-14H,3H2,1-2H3,(H,25,26). The molecule has 2 aromatic heterocycles. The second kappa shape index (κ2) is 7.41. The SMILES string of the molecule is CCc1cc(NN=Cc2ccnc3ccccc23)nc2cc(OC)ccc12. The van der Waals surface area contributed by atoms with Crippen LogP contribution in [0.15, 0.2) is 65.9 Å². The van der Waals surface area contributed by atoms with Gasteiger partial charge in [0.05, 0.1) is 24.4 Å². The van der Waals surface area contributed by atoms with Crippen molar-refractivity contribution in [2.45, 2.75) is 13.3 Å². The maximum absolute atomic E-state index is 5.32. The lowest BCUT2D eigenvalue weighted by molar-refractivity contribution is 0.415. The van der Waals surface area contributed by atoms with Crippen molar-refractivity contribution in [1.29, 1.82) is 0 Å². The van der Waals surface area contributed by atoms with E-state index in [1.807, 2.05) is 48.5 Å². The van der Waals surface area contributed by atoms with Gasteiger partial charge in [0.15, 0.2) is 0 Å². The summed E-state index contributed by atoms with van der Waals surface area (Å²) >= 11 is 0. The highest BCUT2D eigenvalue weighted by atomic mass is 16.5. The Labute approximate surface area is 157 Å². The Morgan fingerprint density at radius 3 is 2.78 bits per heavy atom. The highest BCUT2D eigenvalue weighted by molar-refractivity contribution is 5.98. The molecule has 1 N–H and O–H groups in total. The van der Waals surface area contributed by atoms with Gasteiger partial charge in [-0.3, -0.25) is 10.4 Å². The van der Waals surface area contributed by atoms with Crippen molar-refractivity contribution < 1.29 is 4.74 Å². The Bertz CT molecular complexity index is 1130. The predicted molar refractivity (Wildman–Crippen MR) is 111 cm³/mol. The minimum absolute atomic E-state index is 0.710. The van der Waals surface area contributed by atoms with Crippen LogP contribution in [0, 0.1) is 0 Å². The van der Waals surface area contributed by atoms with E-state index < -0.39 is 0 Å². The Hall–Kier alpha value is -3.47. The summed E-state index contributed by atoms with van der Waals surface area (Å²) < 4.78 is 5.32. The molecule has 0 spiro atoms. The van der Waals surface area contributed by atoms with E-state index >= 15 is 0 Å². The van der Waals surface area contributed by atoms with Crippen LogP contribution < -0.4 is 10.2 Å². The van der Waals surface area contributed by atoms with Gasteiger partial charge in [0.25, 0.3) is 0 Å². The predicted octanol–water partition coefficient (Wildman–Crippen LogP) is 4.80. The number of anilines is 1. The summed E-state index contributed by atoms with van der Waals surface area (Å²) in [6.07, 6.45) is 4.51. The third kappa shape index (κ3) is 3.44. The van der Waals surface area contributed by atoms with Crippen LogP contribution in [0.3, 0.4) is 0 Å². The monoisotopic (exact) mass is 356 g/mol. The van der Waals surface area contributed by atoms with Gasteiger partial charge < -0.3 is 4.74 Å². The van der Waals surface area contributed by atoms with Crippen molar-refractivity contribution in [2.75, 3.05) is 12.5 Å². The minimum atomic E-state index is 0.710. The number of fused-ring (bicyclic) bond motifs is 2. The molecule has 0 saturated carbocycles. The van der Waals surface area contributed by atoms with E-state index in [-0.39, 0.29) is 0 Å². The molecule has 0 radical (unpaired) electrons. The molecular weight excluding hydrogens is 336 g/mol. The van der Waals surface area contributed by atoms with Gasteiger partial charge in [-0.05, 0) is 42.3 Å². The molecule has 27 heavy (non-hydrogen) atoms. The van der Waals surface area contributed by atoms with Gasteiger partial charge >= 0.3 is 0 Å². The van der Waals surface area contributed by atoms with Gasteiger partial charge in [-0.1, -0.05) is 25.1 Å². The smallest absolute Gasteiger partial charge is 0.147 e. The van der Waals surface area contributed by atoms with Crippen molar-refractivity contribution in [1.82, 2.24) is 9.97 Å². The van der Waals surface area contributed by atoms with Crippen LogP contribution in [0.4, 0.5) is 5.82 Å². The fourth-order valence-electron chi connectivity index (χ4n) is 3.16. The molecule has 0 aliphatic carbocycles. The number of aromatic nitrogens is 2. The number of benzene rings is 2. The molecule has 5 heteroatoms. The van der Waals surface area contributed by atoms with Crippen molar-refractivity contribution in [3.63, 3.8) is 0 Å². The Morgan fingerprint density at radius 1 is 1.04 bits per heavy atom. The number of methoxy groups -OCH3 is 1. The van der Waals surface area contributed by atoms with E-state index in [4.69, 9.17) is 4.74 Å². The number of pyridine rings is 2. The summed E-state index contributed by atoms with van der Waals surface area (Å²) in [5, 5.41) is 6.59. The molecule has 0 aliphatic rings. The summed E-state index contributed by atoms with van der Waals surface area (Å²) in [6, 6.07) is 18.0. The van der Waals surface area contributed by atoms with Crippen molar-refractivity contribution in [2.24, 2.45) is 5.10 Å². The van der Waals surface area contributed by atoms with Gasteiger partial charge in [0.2, 0.25) is 0 Å². The third-order valence-corrected chi connectivity index (χ3v) is 4.55.